The minimum atomic E-state index is 0.565. The summed E-state index contributed by atoms with van der Waals surface area (Å²) in [4.78, 5) is 0. The molecule has 0 bridgehead atoms. The van der Waals surface area contributed by atoms with Gasteiger partial charge in [0.15, 0.2) is 11.5 Å². The molecule has 0 saturated heterocycles. The lowest BCUT2D eigenvalue weighted by Crippen LogP contribution is -2.18. The fourth-order valence-electron chi connectivity index (χ4n) is 2.16. The second-order valence-corrected chi connectivity index (χ2v) is 5.36. The molecule has 0 aliphatic heterocycles. The maximum Gasteiger partial charge on any atom is 0.161 e. The maximum absolute atomic E-state index is 5.87. The van der Waals surface area contributed by atoms with E-state index in [9.17, 15) is 0 Å². The quantitative estimate of drug-likeness (QED) is 0.636. The first-order valence-corrected chi connectivity index (χ1v) is 7.70. The monoisotopic (exact) mass is 295 g/mol. The first kappa shape index (κ1) is 17.8. The molecule has 0 fully saturated rings. The average molecular weight is 295 g/mol. The summed E-state index contributed by atoms with van der Waals surface area (Å²) in [6, 6.07) is 6.09. The van der Waals surface area contributed by atoms with Crippen LogP contribution < -0.4 is 14.8 Å². The number of ether oxygens (including phenoxy) is 3. The fraction of sp³-hybridized carbons (Fsp3) is 0.647. The van der Waals surface area contributed by atoms with Gasteiger partial charge in [0.2, 0.25) is 0 Å². The number of nitrogens with one attached hydrogen (secondary N) is 1. The minimum absolute atomic E-state index is 0.565. The van der Waals surface area contributed by atoms with E-state index in [1.807, 2.05) is 12.1 Å². The SMILES string of the molecule is CCCC(C)COc1ccc(CNCCOC)cc1OC. The molecule has 1 aromatic rings. The lowest BCUT2D eigenvalue weighted by atomic mass is 10.1. The third-order valence-corrected chi connectivity index (χ3v) is 3.34. The van der Waals surface area contributed by atoms with Crippen LogP contribution >= 0.6 is 0 Å². The molecule has 1 aromatic carbocycles. The van der Waals surface area contributed by atoms with Crippen molar-refractivity contribution in [2.45, 2.75) is 33.2 Å². The van der Waals surface area contributed by atoms with Crippen LogP contribution in [0, 0.1) is 5.92 Å². The first-order chi connectivity index (χ1) is 10.2. The van der Waals surface area contributed by atoms with Crippen LogP contribution in [0.15, 0.2) is 18.2 Å². The third-order valence-electron chi connectivity index (χ3n) is 3.34. The summed E-state index contributed by atoms with van der Waals surface area (Å²) in [7, 11) is 3.39. The van der Waals surface area contributed by atoms with Crippen molar-refractivity contribution in [1.29, 1.82) is 0 Å². The van der Waals surface area contributed by atoms with Crippen LogP contribution in [0.25, 0.3) is 0 Å². The van der Waals surface area contributed by atoms with Crippen LogP contribution in [0.3, 0.4) is 0 Å². The molecule has 4 nitrogen and oxygen atoms in total. The molecule has 0 radical (unpaired) electrons. The zero-order valence-electron chi connectivity index (χ0n) is 13.8. The van der Waals surface area contributed by atoms with Gasteiger partial charge >= 0.3 is 0 Å². The Morgan fingerprint density at radius 1 is 1.19 bits per heavy atom. The summed E-state index contributed by atoms with van der Waals surface area (Å²) < 4.78 is 16.3. The van der Waals surface area contributed by atoms with Crippen LogP contribution in [0.2, 0.25) is 0 Å². The molecular weight excluding hydrogens is 266 g/mol. The highest BCUT2D eigenvalue weighted by molar-refractivity contribution is 5.42. The molecule has 21 heavy (non-hydrogen) atoms. The highest BCUT2D eigenvalue weighted by Crippen LogP contribution is 2.28. The van der Waals surface area contributed by atoms with Crippen molar-refractivity contribution < 1.29 is 14.2 Å². The third kappa shape index (κ3) is 6.82. The summed E-state index contributed by atoms with van der Waals surface area (Å²) in [6.07, 6.45) is 2.37. The van der Waals surface area contributed by atoms with Gasteiger partial charge in [-0.2, -0.15) is 0 Å². The Labute approximate surface area is 128 Å². The van der Waals surface area contributed by atoms with E-state index < -0.39 is 0 Å². The van der Waals surface area contributed by atoms with Crippen LogP contribution in [0.5, 0.6) is 11.5 Å². The summed E-state index contributed by atoms with van der Waals surface area (Å²) >= 11 is 0. The van der Waals surface area contributed by atoms with Crippen LogP contribution in [-0.4, -0.2) is 34.0 Å². The fourth-order valence-corrected chi connectivity index (χ4v) is 2.16. The highest BCUT2D eigenvalue weighted by Gasteiger charge is 2.08. The van der Waals surface area contributed by atoms with Crippen molar-refractivity contribution in [3.05, 3.63) is 23.8 Å². The van der Waals surface area contributed by atoms with Gasteiger partial charge in [-0.25, -0.2) is 0 Å². The molecule has 0 heterocycles. The highest BCUT2D eigenvalue weighted by atomic mass is 16.5. The molecular formula is C17H29NO3. The smallest absolute Gasteiger partial charge is 0.161 e. The first-order valence-electron chi connectivity index (χ1n) is 7.70. The van der Waals surface area contributed by atoms with E-state index in [0.717, 1.165) is 31.2 Å². The van der Waals surface area contributed by atoms with Gasteiger partial charge in [-0.05, 0) is 30.0 Å². The van der Waals surface area contributed by atoms with Crippen molar-refractivity contribution in [3.8, 4) is 11.5 Å². The minimum Gasteiger partial charge on any atom is -0.493 e. The Balaban J connectivity index is 2.53. The molecule has 0 spiro atoms. The van der Waals surface area contributed by atoms with Gasteiger partial charge in [0.25, 0.3) is 0 Å². The number of hydrogen-bond acceptors (Lipinski definition) is 4. The molecule has 120 valence electrons. The Hall–Kier alpha value is -1.26. The van der Waals surface area contributed by atoms with Gasteiger partial charge < -0.3 is 19.5 Å². The largest absolute Gasteiger partial charge is 0.493 e. The van der Waals surface area contributed by atoms with Crippen molar-refractivity contribution in [1.82, 2.24) is 5.32 Å². The summed E-state index contributed by atoms with van der Waals surface area (Å²) in [6.45, 7) is 7.49. The number of benzene rings is 1. The van der Waals surface area contributed by atoms with E-state index in [1.165, 1.54) is 18.4 Å². The predicted molar refractivity (Wildman–Crippen MR) is 86.1 cm³/mol. The molecule has 1 rings (SSSR count). The molecule has 1 atom stereocenters. The Morgan fingerprint density at radius 2 is 2.00 bits per heavy atom. The zero-order valence-corrected chi connectivity index (χ0v) is 13.8. The molecule has 4 heteroatoms. The zero-order chi connectivity index (χ0) is 15.5. The second-order valence-electron chi connectivity index (χ2n) is 5.36. The van der Waals surface area contributed by atoms with Gasteiger partial charge in [0.05, 0.1) is 20.3 Å². The van der Waals surface area contributed by atoms with E-state index in [4.69, 9.17) is 14.2 Å². The van der Waals surface area contributed by atoms with E-state index in [-0.39, 0.29) is 0 Å². The molecule has 1 unspecified atom stereocenters. The standard InChI is InChI=1S/C17H29NO3/c1-5-6-14(2)13-21-16-8-7-15(11-17(16)20-4)12-18-9-10-19-3/h7-8,11,14,18H,5-6,9-10,12-13H2,1-4H3. The molecule has 0 aliphatic rings. The van der Waals surface area contributed by atoms with Crippen molar-refractivity contribution in [2.24, 2.45) is 5.92 Å². The van der Waals surface area contributed by atoms with Crippen molar-refractivity contribution in [3.63, 3.8) is 0 Å². The van der Waals surface area contributed by atoms with Gasteiger partial charge in [-0.3, -0.25) is 0 Å². The van der Waals surface area contributed by atoms with E-state index in [2.05, 4.69) is 25.2 Å². The van der Waals surface area contributed by atoms with E-state index in [0.29, 0.717) is 12.5 Å². The van der Waals surface area contributed by atoms with Crippen LogP contribution in [0.4, 0.5) is 0 Å². The average Bonchev–Trinajstić information content (AvgIpc) is 2.50. The van der Waals surface area contributed by atoms with Gasteiger partial charge in [0, 0.05) is 20.2 Å². The second kappa shape index (κ2) is 10.5. The number of rotatable bonds is 11. The van der Waals surface area contributed by atoms with Crippen LogP contribution in [0.1, 0.15) is 32.3 Å². The Kier molecular flexibility index (Phi) is 8.87. The van der Waals surface area contributed by atoms with E-state index in [1.54, 1.807) is 14.2 Å². The lowest BCUT2D eigenvalue weighted by molar-refractivity contribution is 0.199. The molecule has 0 aliphatic carbocycles. The Morgan fingerprint density at radius 3 is 2.67 bits per heavy atom. The van der Waals surface area contributed by atoms with Gasteiger partial charge in [-0.15, -0.1) is 0 Å². The van der Waals surface area contributed by atoms with Gasteiger partial charge in [-0.1, -0.05) is 26.3 Å². The van der Waals surface area contributed by atoms with Crippen molar-refractivity contribution >= 4 is 0 Å². The Bertz CT molecular complexity index is 396. The number of hydrogen-bond donors (Lipinski definition) is 1. The topological polar surface area (TPSA) is 39.7 Å². The maximum atomic E-state index is 5.87. The summed E-state index contributed by atoms with van der Waals surface area (Å²) in [5.74, 6) is 2.18. The van der Waals surface area contributed by atoms with Crippen molar-refractivity contribution in [2.75, 3.05) is 34.0 Å². The molecule has 0 aromatic heterocycles. The number of methoxy groups -OCH3 is 2. The summed E-state index contributed by atoms with van der Waals surface area (Å²) in [5, 5.41) is 3.32. The predicted octanol–water partition coefficient (Wildman–Crippen LogP) is 3.25. The summed E-state index contributed by atoms with van der Waals surface area (Å²) in [5.41, 5.74) is 1.18. The normalized spacial score (nSPS) is 12.2. The molecule has 0 saturated carbocycles. The van der Waals surface area contributed by atoms with E-state index >= 15 is 0 Å². The molecule has 1 N–H and O–H groups in total. The lowest BCUT2D eigenvalue weighted by Gasteiger charge is -2.15. The van der Waals surface area contributed by atoms with Crippen LogP contribution in [-0.2, 0) is 11.3 Å². The molecule has 0 amide bonds. The van der Waals surface area contributed by atoms with Gasteiger partial charge in [0.1, 0.15) is 0 Å².